The molecule has 2 rings (SSSR count). The van der Waals surface area contributed by atoms with Crippen LogP contribution in [0.1, 0.15) is 25.0 Å². The van der Waals surface area contributed by atoms with Gasteiger partial charge in [-0.05, 0) is 68.3 Å². The number of hydrogen-bond donors (Lipinski definition) is 2. The fraction of sp³-hybridized carbons (Fsp3) is 0.263. The molecule has 0 aliphatic rings. The molecule has 0 bridgehead atoms. The van der Waals surface area contributed by atoms with Crippen LogP contribution >= 0.6 is 11.8 Å². The zero-order valence-corrected chi connectivity index (χ0v) is 15.2. The van der Waals surface area contributed by atoms with Crippen LogP contribution in [-0.4, -0.2) is 17.1 Å². The third-order valence-corrected chi connectivity index (χ3v) is 4.73. The van der Waals surface area contributed by atoms with Crippen LogP contribution in [0.5, 0.6) is 0 Å². The van der Waals surface area contributed by atoms with Gasteiger partial charge in [0.2, 0.25) is 11.8 Å². The minimum atomic E-state index is -0.206. The van der Waals surface area contributed by atoms with Gasteiger partial charge in [-0.1, -0.05) is 6.07 Å². The first kappa shape index (κ1) is 18.1. The van der Waals surface area contributed by atoms with Gasteiger partial charge in [-0.2, -0.15) is 0 Å². The van der Waals surface area contributed by atoms with Gasteiger partial charge in [0, 0.05) is 23.2 Å². The largest absolute Gasteiger partial charge is 0.326 e. The number of nitrogens with one attached hydrogen (secondary N) is 2. The molecule has 0 aliphatic carbocycles. The third-order valence-electron chi connectivity index (χ3n) is 3.63. The van der Waals surface area contributed by atoms with Crippen molar-refractivity contribution in [1.82, 2.24) is 0 Å². The summed E-state index contributed by atoms with van der Waals surface area (Å²) in [5.41, 5.74) is 3.89. The van der Waals surface area contributed by atoms with Crippen LogP contribution in [0.15, 0.2) is 47.4 Å². The summed E-state index contributed by atoms with van der Waals surface area (Å²) in [5.74, 6) is -0.171. The van der Waals surface area contributed by atoms with Crippen LogP contribution in [0.25, 0.3) is 0 Å². The molecule has 126 valence electrons. The molecule has 0 saturated carbocycles. The molecule has 1 atom stereocenters. The predicted octanol–water partition coefficient (Wildman–Crippen LogP) is 4.38. The summed E-state index contributed by atoms with van der Waals surface area (Å²) in [7, 11) is 0. The van der Waals surface area contributed by atoms with Crippen LogP contribution in [-0.2, 0) is 9.59 Å². The number of carbonyl (C=O) groups is 2. The summed E-state index contributed by atoms with van der Waals surface area (Å²) in [6.45, 7) is 7.49. The molecule has 2 aromatic carbocycles. The maximum atomic E-state index is 12.3. The average molecular weight is 342 g/mol. The number of hydrogen-bond acceptors (Lipinski definition) is 3. The SMILES string of the molecule is CC(=O)Nc1ccc(NC(=O)[C@H](C)Sc2ccc(C)c(C)c2)cc1. The van der Waals surface area contributed by atoms with Crippen LogP contribution in [0.4, 0.5) is 11.4 Å². The highest BCUT2D eigenvalue weighted by atomic mass is 32.2. The highest BCUT2D eigenvalue weighted by Crippen LogP contribution is 2.26. The predicted molar refractivity (Wildman–Crippen MR) is 101 cm³/mol. The molecule has 5 heteroatoms. The average Bonchev–Trinajstić information content (AvgIpc) is 2.52. The molecule has 0 spiro atoms. The van der Waals surface area contributed by atoms with Gasteiger partial charge in [-0.15, -0.1) is 11.8 Å². The number of benzene rings is 2. The topological polar surface area (TPSA) is 58.2 Å². The van der Waals surface area contributed by atoms with E-state index in [1.807, 2.05) is 13.0 Å². The molecule has 24 heavy (non-hydrogen) atoms. The standard InChI is InChI=1S/C19H22N2O2S/c1-12-5-10-18(11-13(12)2)24-14(3)19(23)21-17-8-6-16(7-9-17)20-15(4)22/h5-11,14H,1-4H3,(H,20,22)(H,21,23)/t14-/m0/s1. The van der Waals surface area contributed by atoms with E-state index in [1.165, 1.54) is 29.8 Å². The Morgan fingerprint density at radius 3 is 2.04 bits per heavy atom. The van der Waals surface area contributed by atoms with Gasteiger partial charge in [-0.3, -0.25) is 9.59 Å². The van der Waals surface area contributed by atoms with E-state index >= 15 is 0 Å². The minimum absolute atomic E-state index is 0.0505. The Kier molecular flexibility index (Phi) is 6.04. The molecule has 0 fully saturated rings. The van der Waals surface area contributed by atoms with Crippen molar-refractivity contribution >= 4 is 35.0 Å². The van der Waals surface area contributed by atoms with Crippen LogP contribution < -0.4 is 10.6 Å². The Hall–Kier alpha value is -2.27. The lowest BCUT2D eigenvalue weighted by molar-refractivity contribution is -0.115. The number of amides is 2. The summed E-state index contributed by atoms with van der Waals surface area (Å²) in [4.78, 5) is 24.4. The molecule has 0 aromatic heterocycles. The summed E-state index contributed by atoms with van der Waals surface area (Å²) >= 11 is 1.54. The Bertz CT molecular complexity index is 742. The monoisotopic (exact) mass is 342 g/mol. The first-order valence-corrected chi connectivity index (χ1v) is 8.65. The van der Waals surface area contributed by atoms with E-state index in [4.69, 9.17) is 0 Å². The summed E-state index contributed by atoms with van der Waals surface area (Å²) < 4.78 is 0. The molecular formula is C19H22N2O2S. The number of anilines is 2. The van der Waals surface area contributed by atoms with Crippen molar-refractivity contribution in [2.75, 3.05) is 10.6 Å². The molecular weight excluding hydrogens is 320 g/mol. The van der Waals surface area contributed by atoms with Gasteiger partial charge in [-0.25, -0.2) is 0 Å². The highest BCUT2D eigenvalue weighted by molar-refractivity contribution is 8.00. The van der Waals surface area contributed by atoms with Crippen molar-refractivity contribution in [3.63, 3.8) is 0 Å². The number of rotatable bonds is 5. The molecule has 0 aliphatic heterocycles. The number of carbonyl (C=O) groups excluding carboxylic acids is 2. The first-order chi connectivity index (χ1) is 11.3. The van der Waals surface area contributed by atoms with Crippen molar-refractivity contribution < 1.29 is 9.59 Å². The molecule has 0 radical (unpaired) electrons. The van der Waals surface area contributed by atoms with Gasteiger partial charge >= 0.3 is 0 Å². The van der Waals surface area contributed by atoms with E-state index in [0.29, 0.717) is 11.4 Å². The summed E-state index contributed by atoms with van der Waals surface area (Å²) in [6.07, 6.45) is 0. The fourth-order valence-electron chi connectivity index (χ4n) is 2.13. The van der Waals surface area contributed by atoms with Crippen molar-refractivity contribution in [3.05, 3.63) is 53.6 Å². The molecule has 0 heterocycles. The molecule has 0 saturated heterocycles. The Balaban J connectivity index is 1.95. The summed E-state index contributed by atoms with van der Waals surface area (Å²) in [5, 5.41) is 5.38. The number of aryl methyl sites for hydroxylation is 2. The Morgan fingerprint density at radius 2 is 1.50 bits per heavy atom. The van der Waals surface area contributed by atoms with Crippen molar-refractivity contribution in [1.29, 1.82) is 0 Å². The minimum Gasteiger partial charge on any atom is -0.326 e. The van der Waals surface area contributed by atoms with E-state index < -0.39 is 0 Å². The lowest BCUT2D eigenvalue weighted by Crippen LogP contribution is -2.22. The first-order valence-electron chi connectivity index (χ1n) is 7.77. The van der Waals surface area contributed by atoms with Crippen LogP contribution in [0.3, 0.4) is 0 Å². The van der Waals surface area contributed by atoms with Crippen molar-refractivity contribution in [2.24, 2.45) is 0 Å². The van der Waals surface area contributed by atoms with E-state index in [9.17, 15) is 9.59 Å². The van der Waals surface area contributed by atoms with Gasteiger partial charge in [0.25, 0.3) is 0 Å². The zero-order valence-electron chi connectivity index (χ0n) is 14.3. The lowest BCUT2D eigenvalue weighted by atomic mass is 10.1. The maximum Gasteiger partial charge on any atom is 0.237 e. The molecule has 4 nitrogen and oxygen atoms in total. The number of thioether (sulfide) groups is 1. The van der Waals surface area contributed by atoms with Crippen molar-refractivity contribution in [3.8, 4) is 0 Å². The highest BCUT2D eigenvalue weighted by Gasteiger charge is 2.15. The van der Waals surface area contributed by atoms with Gasteiger partial charge in [0.15, 0.2) is 0 Å². The molecule has 2 aromatic rings. The van der Waals surface area contributed by atoms with Gasteiger partial charge in [0.05, 0.1) is 5.25 Å². The fourth-order valence-corrected chi connectivity index (χ4v) is 3.09. The van der Waals surface area contributed by atoms with E-state index in [-0.39, 0.29) is 17.1 Å². The van der Waals surface area contributed by atoms with Gasteiger partial charge < -0.3 is 10.6 Å². The quantitative estimate of drug-likeness (QED) is 0.793. The maximum absolute atomic E-state index is 12.3. The van der Waals surface area contributed by atoms with E-state index in [2.05, 4.69) is 36.6 Å². The second-order valence-corrected chi connectivity index (χ2v) is 7.17. The molecule has 0 unspecified atom stereocenters. The normalized spacial score (nSPS) is 11.7. The van der Waals surface area contributed by atoms with Gasteiger partial charge in [0.1, 0.15) is 0 Å². The van der Waals surface area contributed by atoms with E-state index in [0.717, 1.165) is 4.90 Å². The molecule has 2 N–H and O–H groups in total. The lowest BCUT2D eigenvalue weighted by Gasteiger charge is -2.13. The smallest absolute Gasteiger partial charge is 0.237 e. The third kappa shape index (κ3) is 5.13. The second kappa shape index (κ2) is 8.02. The van der Waals surface area contributed by atoms with Crippen LogP contribution in [0.2, 0.25) is 0 Å². The Labute approximate surface area is 147 Å². The second-order valence-electron chi connectivity index (χ2n) is 5.75. The van der Waals surface area contributed by atoms with E-state index in [1.54, 1.807) is 24.3 Å². The Morgan fingerprint density at radius 1 is 0.917 bits per heavy atom. The summed E-state index contributed by atoms with van der Waals surface area (Å²) in [6, 6.07) is 13.3. The van der Waals surface area contributed by atoms with Crippen LogP contribution in [0, 0.1) is 13.8 Å². The zero-order chi connectivity index (χ0) is 17.7. The van der Waals surface area contributed by atoms with Crippen molar-refractivity contribution in [2.45, 2.75) is 37.8 Å². The molecule has 2 amide bonds.